The molecule has 0 bridgehead atoms. The first-order valence-corrected chi connectivity index (χ1v) is 6.95. The molecule has 1 aliphatic heterocycles. The molecule has 4 amide bonds. The van der Waals surface area contributed by atoms with Gasteiger partial charge < -0.3 is 0 Å². The quantitative estimate of drug-likeness (QED) is 0.847. The SMILES string of the molecule is O=C1NC(=O)C2(CCCC2)C(=O)N1Cc1ccccc1F. The number of hydrogen-bond acceptors (Lipinski definition) is 3. The first-order valence-electron chi connectivity index (χ1n) is 6.95. The first-order chi connectivity index (χ1) is 10.0. The van der Waals surface area contributed by atoms with E-state index in [4.69, 9.17) is 0 Å². The maximum atomic E-state index is 13.7. The number of benzene rings is 1. The molecule has 0 radical (unpaired) electrons. The van der Waals surface area contributed by atoms with Crippen LogP contribution < -0.4 is 5.32 Å². The molecule has 1 heterocycles. The maximum absolute atomic E-state index is 13.7. The van der Waals surface area contributed by atoms with Crippen molar-refractivity contribution >= 4 is 17.8 Å². The number of imide groups is 2. The molecule has 0 atom stereocenters. The van der Waals surface area contributed by atoms with Gasteiger partial charge in [-0.2, -0.15) is 0 Å². The van der Waals surface area contributed by atoms with E-state index in [2.05, 4.69) is 5.32 Å². The second kappa shape index (κ2) is 4.95. The molecule has 2 fully saturated rings. The summed E-state index contributed by atoms with van der Waals surface area (Å²) in [5.41, 5.74) is -0.886. The predicted molar refractivity (Wildman–Crippen MR) is 71.4 cm³/mol. The van der Waals surface area contributed by atoms with Gasteiger partial charge in [0.25, 0.3) is 0 Å². The van der Waals surface area contributed by atoms with Crippen LogP contribution in [0.5, 0.6) is 0 Å². The van der Waals surface area contributed by atoms with Crippen molar-refractivity contribution in [2.24, 2.45) is 5.41 Å². The lowest BCUT2D eigenvalue weighted by molar-refractivity contribution is -0.151. The van der Waals surface area contributed by atoms with E-state index in [9.17, 15) is 18.8 Å². The van der Waals surface area contributed by atoms with E-state index < -0.39 is 29.1 Å². The third-order valence-electron chi connectivity index (χ3n) is 4.30. The minimum Gasteiger partial charge on any atom is -0.277 e. The van der Waals surface area contributed by atoms with Crippen molar-refractivity contribution in [3.05, 3.63) is 35.6 Å². The number of hydrogen-bond donors (Lipinski definition) is 1. The van der Waals surface area contributed by atoms with E-state index in [1.165, 1.54) is 12.1 Å². The topological polar surface area (TPSA) is 66.5 Å². The molecule has 1 saturated heterocycles. The molecular weight excluding hydrogens is 275 g/mol. The highest BCUT2D eigenvalue weighted by atomic mass is 19.1. The molecule has 0 aromatic heterocycles. The molecule has 1 N–H and O–H groups in total. The molecule has 1 aromatic carbocycles. The Kier molecular flexibility index (Phi) is 3.23. The average Bonchev–Trinajstić information content (AvgIpc) is 2.95. The third kappa shape index (κ3) is 2.11. The van der Waals surface area contributed by atoms with Crippen LogP contribution in [0.15, 0.2) is 24.3 Å². The molecule has 2 aliphatic rings. The molecule has 21 heavy (non-hydrogen) atoms. The summed E-state index contributed by atoms with van der Waals surface area (Å²) in [4.78, 5) is 37.5. The van der Waals surface area contributed by atoms with E-state index in [-0.39, 0.29) is 12.1 Å². The molecule has 3 rings (SSSR count). The normalized spacial score (nSPS) is 21.0. The molecule has 6 heteroatoms. The van der Waals surface area contributed by atoms with Crippen LogP contribution in [-0.4, -0.2) is 22.7 Å². The average molecular weight is 290 g/mol. The van der Waals surface area contributed by atoms with E-state index in [1.54, 1.807) is 12.1 Å². The highest BCUT2D eigenvalue weighted by Gasteiger charge is 2.54. The van der Waals surface area contributed by atoms with Crippen LogP contribution in [0, 0.1) is 11.2 Å². The molecule has 5 nitrogen and oxygen atoms in total. The van der Waals surface area contributed by atoms with Crippen molar-refractivity contribution < 1.29 is 18.8 Å². The Morgan fingerprint density at radius 3 is 2.48 bits per heavy atom. The summed E-state index contributed by atoms with van der Waals surface area (Å²) in [5, 5.41) is 2.24. The van der Waals surface area contributed by atoms with Crippen LogP contribution in [-0.2, 0) is 16.1 Å². The van der Waals surface area contributed by atoms with Gasteiger partial charge in [-0.25, -0.2) is 9.18 Å². The molecule has 1 spiro atoms. The zero-order valence-electron chi connectivity index (χ0n) is 11.4. The number of nitrogens with one attached hydrogen (secondary N) is 1. The molecule has 1 aromatic rings. The van der Waals surface area contributed by atoms with Gasteiger partial charge >= 0.3 is 6.03 Å². The summed E-state index contributed by atoms with van der Waals surface area (Å²) in [6, 6.07) is 5.21. The number of halogens is 1. The van der Waals surface area contributed by atoms with Crippen molar-refractivity contribution in [1.29, 1.82) is 0 Å². The lowest BCUT2D eigenvalue weighted by atomic mass is 9.82. The van der Waals surface area contributed by atoms with E-state index in [0.717, 1.165) is 17.7 Å². The highest BCUT2D eigenvalue weighted by Crippen LogP contribution is 2.42. The second-order valence-electron chi connectivity index (χ2n) is 5.53. The van der Waals surface area contributed by atoms with Crippen molar-refractivity contribution in [3.63, 3.8) is 0 Å². The lowest BCUT2D eigenvalue weighted by Crippen LogP contribution is -2.62. The summed E-state index contributed by atoms with van der Waals surface area (Å²) >= 11 is 0. The minimum atomic E-state index is -1.14. The Morgan fingerprint density at radius 2 is 1.81 bits per heavy atom. The Bertz CT molecular complexity index is 623. The summed E-state index contributed by atoms with van der Waals surface area (Å²) < 4.78 is 13.7. The fraction of sp³-hybridized carbons (Fsp3) is 0.400. The maximum Gasteiger partial charge on any atom is 0.331 e. The number of carbonyl (C=O) groups is 3. The lowest BCUT2D eigenvalue weighted by Gasteiger charge is -2.36. The zero-order valence-corrected chi connectivity index (χ0v) is 11.4. The molecule has 1 saturated carbocycles. The summed E-state index contributed by atoms with van der Waals surface area (Å²) in [7, 11) is 0. The number of barbiturate groups is 1. The Balaban J connectivity index is 1.91. The zero-order chi connectivity index (χ0) is 15.0. The van der Waals surface area contributed by atoms with Gasteiger partial charge in [-0.15, -0.1) is 0 Å². The minimum absolute atomic E-state index is 0.160. The molecule has 0 unspecified atom stereocenters. The van der Waals surface area contributed by atoms with Gasteiger partial charge in [-0.05, 0) is 18.9 Å². The smallest absolute Gasteiger partial charge is 0.277 e. The van der Waals surface area contributed by atoms with Crippen LogP contribution in [0.4, 0.5) is 9.18 Å². The number of amides is 4. The van der Waals surface area contributed by atoms with Gasteiger partial charge in [-0.1, -0.05) is 31.0 Å². The van der Waals surface area contributed by atoms with Crippen molar-refractivity contribution in [2.75, 3.05) is 0 Å². The van der Waals surface area contributed by atoms with Gasteiger partial charge in [0.1, 0.15) is 11.2 Å². The monoisotopic (exact) mass is 290 g/mol. The largest absolute Gasteiger partial charge is 0.331 e. The number of nitrogens with zero attached hydrogens (tertiary/aromatic N) is 1. The third-order valence-corrected chi connectivity index (χ3v) is 4.30. The Morgan fingerprint density at radius 1 is 1.14 bits per heavy atom. The molecule has 1 aliphatic carbocycles. The second-order valence-corrected chi connectivity index (χ2v) is 5.53. The summed E-state index contributed by atoms with van der Waals surface area (Å²) in [5.74, 6) is -1.49. The van der Waals surface area contributed by atoms with E-state index in [1.807, 2.05) is 0 Å². The summed E-state index contributed by atoms with van der Waals surface area (Å²) in [6.45, 7) is -0.160. The predicted octanol–water partition coefficient (Wildman–Crippen LogP) is 1.96. The number of urea groups is 1. The van der Waals surface area contributed by atoms with Crippen LogP contribution in [0.2, 0.25) is 0 Å². The van der Waals surface area contributed by atoms with Gasteiger partial charge in [0.05, 0.1) is 6.54 Å². The van der Waals surface area contributed by atoms with Crippen LogP contribution in [0.1, 0.15) is 31.2 Å². The highest BCUT2D eigenvalue weighted by molar-refractivity contribution is 6.19. The first kappa shape index (κ1) is 13.7. The molecular formula is C15H15FN2O3. The van der Waals surface area contributed by atoms with Gasteiger partial charge in [-0.3, -0.25) is 19.8 Å². The summed E-state index contributed by atoms with van der Waals surface area (Å²) in [6.07, 6.45) is 2.44. The van der Waals surface area contributed by atoms with Crippen LogP contribution >= 0.6 is 0 Å². The Hall–Kier alpha value is -2.24. The van der Waals surface area contributed by atoms with Crippen molar-refractivity contribution in [1.82, 2.24) is 10.2 Å². The van der Waals surface area contributed by atoms with Gasteiger partial charge in [0, 0.05) is 5.56 Å². The van der Waals surface area contributed by atoms with Crippen molar-refractivity contribution in [2.45, 2.75) is 32.2 Å². The number of rotatable bonds is 2. The Labute approximate surface area is 121 Å². The van der Waals surface area contributed by atoms with Crippen LogP contribution in [0.3, 0.4) is 0 Å². The standard InChI is InChI=1S/C15H15FN2O3/c16-11-6-2-1-5-10(11)9-18-13(20)15(7-3-4-8-15)12(19)17-14(18)21/h1-2,5-6H,3-4,7-9H2,(H,17,19,21). The fourth-order valence-corrected chi connectivity index (χ4v) is 3.09. The van der Waals surface area contributed by atoms with E-state index >= 15 is 0 Å². The molecule has 110 valence electrons. The van der Waals surface area contributed by atoms with Gasteiger partial charge in [0.2, 0.25) is 11.8 Å². The number of carbonyl (C=O) groups excluding carboxylic acids is 3. The fourth-order valence-electron chi connectivity index (χ4n) is 3.09. The van der Waals surface area contributed by atoms with Crippen LogP contribution in [0.25, 0.3) is 0 Å². The van der Waals surface area contributed by atoms with Gasteiger partial charge in [0.15, 0.2) is 0 Å². The van der Waals surface area contributed by atoms with Crippen molar-refractivity contribution in [3.8, 4) is 0 Å². The van der Waals surface area contributed by atoms with E-state index in [0.29, 0.717) is 12.8 Å².